The second kappa shape index (κ2) is 11.8. The van der Waals surface area contributed by atoms with Crippen molar-refractivity contribution in [2.45, 2.75) is 4.90 Å². The summed E-state index contributed by atoms with van der Waals surface area (Å²) in [7, 11) is -2.20. The van der Waals surface area contributed by atoms with Crippen molar-refractivity contribution >= 4 is 22.4 Å². The van der Waals surface area contributed by atoms with Gasteiger partial charge in [0.25, 0.3) is 10.0 Å². The first-order valence-electron chi connectivity index (χ1n) is 7.84. The molecule has 0 aromatic heterocycles. The molecular weight excluding hydrogens is 404 g/mol. The second-order valence-electron chi connectivity index (χ2n) is 5.11. The molecule has 3 rings (SSSR count). The van der Waals surface area contributed by atoms with E-state index in [1.165, 1.54) is 19.2 Å². The molecule has 28 heavy (non-hydrogen) atoms. The molecule has 0 saturated carbocycles. The van der Waals surface area contributed by atoms with Crippen molar-refractivity contribution in [3.8, 4) is 17.2 Å². The highest BCUT2D eigenvalue weighted by atomic mass is 35.5. The lowest BCUT2D eigenvalue weighted by molar-refractivity contribution is 0.269. The van der Waals surface area contributed by atoms with Crippen molar-refractivity contribution in [3.05, 3.63) is 84.9 Å². The van der Waals surface area contributed by atoms with Crippen molar-refractivity contribution < 1.29 is 22.8 Å². The standard InChI is InChI=1S/C13H13NO4S.C6H7NO.ClH/c1-17-11-7-9-13(10-8-11)19(15,16)14-18-12-5-3-2-4-6-12;7-8-6-4-2-1-3-5-6;/h2-10,14H,1H3;1-5H,7H2;1H. The molecule has 9 heteroatoms. The molecule has 0 amide bonds. The lowest BCUT2D eigenvalue weighted by Crippen LogP contribution is -2.27. The number of sulfonamides is 1. The Hall–Kier alpha value is -2.78. The van der Waals surface area contributed by atoms with Crippen molar-refractivity contribution in [2.75, 3.05) is 7.11 Å². The molecule has 0 saturated heterocycles. The lowest BCUT2D eigenvalue weighted by atomic mass is 10.3. The predicted molar refractivity (Wildman–Crippen MR) is 109 cm³/mol. The fourth-order valence-electron chi connectivity index (χ4n) is 1.89. The van der Waals surface area contributed by atoms with Crippen LogP contribution in [0, 0.1) is 0 Å². The first-order chi connectivity index (χ1) is 13.0. The lowest BCUT2D eigenvalue weighted by Gasteiger charge is -2.08. The monoisotopic (exact) mass is 424 g/mol. The second-order valence-corrected chi connectivity index (χ2v) is 6.75. The van der Waals surface area contributed by atoms with E-state index in [4.69, 9.17) is 15.5 Å². The van der Waals surface area contributed by atoms with E-state index >= 15 is 0 Å². The molecule has 3 N–H and O–H groups in total. The Morgan fingerprint density at radius 2 is 1.25 bits per heavy atom. The smallest absolute Gasteiger partial charge is 0.271 e. The highest BCUT2D eigenvalue weighted by Crippen LogP contribution is 2.16. The first-order valence-corrected chi connectivity index (χ1v) is 9.33. The van der Waals surface area contributed by atoms with Crippen molar-refractivity contribution in [2.24, 2.45) is 5.90 Å². The van der Waals surface area contributed by atoms with Crippen LogP contribution in [-0.2, 0) is 10.0 Å². The molecule has 0 bridgehead atoms. The molecule has 0 aliphatic heterocycles. The zero-order valence-corrected chi connectivity index (χ0v) is 16.7. The van der Waals surface area contributed by atoms with Crippen LogP contribution >= 0.6 is 12.4 Å². The third-order valence-electron chi connectivity index (χ3n) is 3.26. The van der Waals surface area contributed by atoms with E-state index in [9.17, 15) is 8.42 Å². The van der Waals surface area contributed by atoms with Gasteiger partial charge >= 0.3 is 0 Å². The van der Waals surface area contributed by atoms with Crippen molar-refractivity contribution in [1.29, 1.82) is 0 Å². The van der Waals surface area contributed by atoms with Gasteiger partial charge < -0.3 is 14.4 Å². The van der Waals surface area contributed by atoms with E-state index < -0.39 is 10.0 Å². The van der Waals surface area contributed by atoms with Crippen LogP contribution in [0.4, 0.5) is 0 Å². The number of ether oxygens (including phenoxy) is 1. The van der Waals surface area contributed by atoms with Gasteiger partial charge in [-0.05, 0) is 53.4 Å². The van der Waals surface area contributed by atoms with Gasteiger partial charge in [0.15, 0.2) is 0 Å². The molecule has 7 nitrogen and oxygen atoms in total. The summed E-state index contributed by atoms with van der Waals surface area (Å²) < 4.78 is 28.8. The number of benzene rings is 3. The van der Waals surface area contributed by atoms with Crippen molar-refractivity contribution in [3.63, 3.8) is 0 Å². The number of para-hydroxylation sites is 2. The number of rotatable bonds is 6. The third-order valence-corrected chi connectivity index (χ3v) is 4.46. The summed E-state index contributed by atoms with van der Waals surface area (Å²) >= 11 is 0. The number of hydrogen-bond donors (Lipinski definition) is 2. The Morgan fingerprint density at radius 3 is 1.68 bits per heavy atom. The molecule has 0 aliphatic carbocycles. The van der Waals surface area contributed by atoms with E-state index in [-0.39, 0.29) is 17.3 Å². The van der Waals surface area contributed by atoms with E-state index in [0.717, 1.165) is 0 Å². The van der Waals surface area contributed by atoms with E-state index in [0.29, 0.717) is 17.2 Å². The summed E-state index contributed by atoms with van der Waals surface area (Å²) in [5.74, 6) is 6.54. The van der Waals surface area contributed by atoms with Crippen molar-refractivity contribution in [1.82, 2.24) is 4.89 Å². The topological polar surface area (TPSA) is 99.9 Å². The Labute approximate surface area is 170 Å². The number of nitrogens with two attached hydrogens (primary N) is 1. The quantitative estimate of drug-likeness (QED) is 0.589. The van der Waals surface area contributed by atoms with Gasteiger partial charge in [0.1, 0.15) is 17.2 Å². The molecule has 0 heterocycles. The number of hydrogen-bond acceptors (Lipinski definition) is 6. The van der Waals surface area contributed by atoms with Crippen LogP contribution in [0.3, 0.4) is 0 Å². The SMILES string of the molecule is COc1ccc(S(=O)(=O)NOc2ccccc2)cc1.Cl.NOc1ccccc1. The Kier molecular flexibility index (Phi) is 9.83. The number of methoxy groups -OCH3 is 1. The van der Waals surface area contributed by atoms with Gasteiger partial charge in [-0.3, -0.25) is 0 Å². The van der Waals surface area contributed by atoms with Crippen LogP contribution in [-0.4, -0.2) is 15.5 Å². The molecule has 150 valence electrons. The fraction of sp³-hybridized carbons (Fsp3) is 0.0526. The molecule has 0 spiro atoms. The Morgan fingerprint density at radius 1 is 0.750 bits per heavy atom. The maximum atomic E-state index is 11.9. The van der Waals surface area contributed by atoms with E-state index in [1.807, 2.05) is 24.3 Å². The minimum absolute atomic E-state index is 0. The van der Waals surface area contributed by atoms with Crippen LogP contribution in [0.25, 0.3) is 0 Å². The maximum Gasteiger partial charge on any atom is 0.271 e. The molecule has 3 aromatic carbocycles. The van der Waals surface area contributed by atoms with Crippen LogP contribution in [0.5, 0.6) is 17.2 Å². The Bertz CT molecular complexity index is 908. The van der Waals surface area contributed by atoms with Crippen LogP contribution in [0.2, 0.25) is 0 Å². The summed E-state index contributed by atoms with van der Waals surface area (Å²) in [5.41, 5.74) is 0. The summed E-state index contributed by atoms with van der Waals surface area (Å²) in [6.07, 6.45) is 0. The van der Waals surface area contributed by atoms with Gasteiger partial charge in [0.05, 0.1) is 12.0 Å². The van der Waals surface area contributed by atoms with Gasteiger partial charge in [0.2, 0.25) is 0 Å². The molecule has 0 fully saturated rings. The van der Waals surface area contributed by atoms with Gasteiger partial charge in [-0.25, -0.2) is 8.42 Å². The summed E-state index contributed by atoms with van der Waals surface area (Å²) in [4.78, 5) is 11.6. The largest absolute Gasteiger partial charge is 0.497 e. The van der Waals surface area contributed by atoms with Gasteiger partial charge in [-0.2, -0.15) is 5.90 Å². The minimum Gasteiger partial charge on any atom is -0.497 e. The summed E-state index contributed by atoms with van der Waals surface area (Å²) in [5, 5.41) is 0. The average Bonchev–Trinajstić information content (AvgIpc) is 2.74. The van der Waals surface area contributed by atoms with Crippen LogP contribution in [0.15, 0.2) is 89.8 Å². The highest BCUT2D eigenvalue weighted by Gasteiger charge is 2.14. The van der Waals surface area contributed by atoms with Gasteiger partial charge in [0, 0.05) is 0 Å². The van der Waals surface area contributed by atoms with Crippen LogP contribution in [0.1, 0.15) is 0 Å². The fourth-order valence-corrected chi connectivity index (χ4v) is 2.69. The van der Waals surface area contributed by atoms with E-state index in [2.05, 4.69) is 9.72 Å². The highest BCUT2D eigenvalue weighted by molar-refractivity contribution is 7.89. The number of nitrogens with one attached hydrogen (secondary N) is 1. The molecule has 3 aromatic rings. The van der Waals surface area contributed by atoms with Gasteiger partial charge in [-0.15, -0.1) is 12.4 Å². The zero-order valence-electron chi connectivity index (χ0n) is 15.0. The molecular formula is C19H21ClN2O5S. The average molecular weight is 425 g/mol. The normalized spacial score (nSPS) is 9.93. The molecule has 0 atom stereocenters. The first kappa shape index (κ1) is 23.3. The third kappa shape index (κ3) is 7.45. The molecule has 0 unspecified atom stereocenters. The maximum absolute atomic E-state index is 11.9. The molecule has 0 radical (unpaired) electrons. The Balaban J connectivity index is 0.000000367. The number of halogens is 1. The predicted octanol–water partition coefficient (Wildman–Crippen LogP) is 3.33. The van der Waals surface area contributed by atoms with E-state index in [1.54, 1.807) is 48.5 Å². The summed E-state index contributed by atoms with van der Waals surface area (Å²) in [6, 6.07) is 23.8. The van der Waals surface area contributed by atoms with Crippen LogP contribution < -0.4 is 25.2 Å². The zero-order chi connectivity index (χ0) is 19.5. The minimum atomic E-state index is -3.71. The molecule has 0 aliphatic rings. The summed E-state index contributed by atoms with van der Waals surface area (Å²) in [6.45, 7) is 0. The van der Waals surface area contributed by atoms with Gasteiger partial charge in [-0.1, -0.05) is 36.4 Å².